The predicted octanol–water partition coefficient (Wildman–Crippen LogP) is 2.31. The first-order valence-electron chi connectivity index (χ1n) is 7.22. The third-order valence-electron chi connectivity index (χ3n) is 4.55. The highest BCUT2D eigenvalue weighted by Crippen LogP contribution is 2.43. The number of nitrogens with zero attached hydrogens (tertiary/aromatic N) is 3. The van der Waals surface area contributed by atoms with Crippen molar-refractivity contribution in [3.05, 3.63) is 29.1 Å². The van der Waals surface area contributed by atoms with E-state index in [1.54, 1.807) is 6.07 Å². The summed E-state index contributed by atoms with van der Waals surface area (Å²) in [6.07, 6.45) is -6.02. The molecule has 0 aromatic heterocycles. The van der Waals surface area contributed by atoms with Gasteiger partial charge in [-0.15, -0.1) is 0 Å². The number of carbonyl (C=O) groups is 1. The van der Waals surface area contributed by atoms with E-state index in [9.17, 15) is 27.5 Å². The van der Waals surface area contributed by atoms with E-state index in [0.717, 1.165) is 17.0 Å². The topological polar surface area (TPSA) is 67.6 Å². The summed E-state index contributed by atoms with van der Waals surface area (Å²) in [4.78, 5) is 13.9. The normalized spacial score (nSPS) is 26.7. The number of aliphatic hydroxyl groups excluding tert-OH is 1. The lowest BCUT2D eigenvalue weighted by atomic mass is 10.0. The summed E-state index contributed by atoms with van der Waals surface area (Å²) in [6, 6.07) is -0.846. The number of hydrogen-bond donors (Lipinski definition) is 1. The van der Waals surface area contributed by atoms with Crippen LogP contribution in [0, 0.1) is 24.1 Å². The number of alkyl halides is 3. The summed E-state index contributed by atoms with van der Waals surface area (Å²) in [5.41, 5.74) is -0.778. The van der Waals surface area contributed by atoms with Crippen molar-refractivity contribution in [1.82, 2.24) is 4.90 Å². The molecule has 24 heavy (non-hydrogen) atoms. The molecule has 0 spiro atoms. The molecule has 3 rings (SSSR count). The number of anilines is 1. The smallest absolute Gasteiger partial charge is 0.391 e. The number of carbonyl (C=O) groups excluding carboxylic acids is 1. The first-order valence-corrected chi connectivity index (χ1v) is 7.22. The molecular formula is C15H13F4N3O2. The molecule has 1 aromatic carbocycles. The van der Waals surface area contributed by atoms with Gasteiger partial charge in [-0.2, -0.15) is 18.4 Å². The second-order valence-corrected chi connectivity index (χ2v) is 5.86. The molecule has 1 N–H and O–H groups in total. The van der Waals surface area contributed by atoms with Crippen molar-refractivity contribution in [2.45, 2.75) is 37.7 Å². The molecule has 0 unspecified atom stereocenters. The highest BCUT2D eigenvalue weighted by molar-refractivity contribution is 5.97. The van der Waals surface area contributed by atoms with E-state index in [4.69, 9.17) is 5.26 Å². The average molecular weight is 343 g/mol. The number of halogens is 4. The summed E-state index contributed by atoms with van der Waals surface area (Å²) in [5.74, 6) is -0.962. The second-order valence-electron chi connectivity index (χ2n) is 5.86. The van der Waals surface area contributed by atoms with Crippen LogP contribution in [0.25, 0.3) is 0 Å². The van der Waals surface area contributed by atoms with E-state index in [2.05, 4.69) is 0 Å². The number of aliphatic hydroxyl groups is 1. The SMILES string of the molecule is Cc1c(N2C(=O)N3CC[C@@H](O)[C@H]3[C@H]2C(F)(F)F)ccc(C#N)c1F. The molecule has 3 atom stereocenters. The van der Waals surface area contributed by atoms with Crippen molar-refractivity contribution < 1.29 is 27.5 Å². The molecule has 2 amide bonds. The number of nitriles is 1. The Bertz CT molecular complexity index is 743. The van der Waals surface area contributed by atoms with Crippen molar-refractivity contribution in [3.63, 3.8) is 0 Å². The molecule has 2 aliphatic rings. The third kappa shape index (κ3) is 2.21. The van der Waals surface area contributed by atoms with Gasteiger partial charge in [-0.3, -0.25) is 4.90 Å². The summed E-state index contributed by atoms with van der Waals surface area (Å²) >= 11 is 0. The predicted molar refractivity (Wildman–Crippen MR) is 74.7 cm³/mol. The Labute approximate surface area is 134 Å². The van der Waals surface area contributed by atoms with Crippen molar-refractivity contribution in [3.8, 4) is 6.07 Å². The van der Waals surface area contributed by atoms with E-state index in [-0.39, 0.29) is 29.8 Å². The third-order valence-corrected chi connectivity index (χ3v) is 4.55. The zero-order valence-electron chi connectivity index (χ0n) is 12.5. The quantitative estimate of drug-likeness (QED) is 0.796. The minimum absolute atomic E-state index is 0.00551. The Morgan fingerprint density at radius 3 is 2.62 bits per heavy atom. The lowest BCUT2D eigenvalue weighted by Crippen LogP contribution is -2.51. The molecule has 128 valence electrons. The van der Waals surface area contributed by atoms with Crippen LogP contribution in [0.1, 0.15) is 17.5 Å². The van der Waals surface area contributed by atoms with Gasteiger partial charge in [-0.25, -0.2) is 9.18 Å². The van der Waals surface area contributed by atoms with Crippen LogP contribution in [0.15, 0.2) is 12.1 Å². The number of fused-ring (bicyclic) bond motifs is 1. The molecule has 0 saturated carbocycles. The fourth-order valence-corrected chi connectivity index (χ4v) is 3.43. The second kappa shape index (κ2) is 5.34. The molecule has 9 heteroatoms. The van der Waals surface area contributed by atoms with Gasteiger partial charge in [-0.1, -0.05) is 0 Å². The summed E-state index contributed by atoms with van der Waals surface area (Å²) in [7, 11) is 0. The summed E-state index contributed by atoms with van der Waals surface area (Å²) in [5, 5.41) is 18.7. The maximum Gasteiger partial charge on any atom is 0.411 e. The number of urea groups is 1. The molecule has 0 aliphatic carbocycles. The highest BCUT2D eigenvalue weighted by atomic mass is 19.4. The molecule has 1 aromatic rings. The van der Waals surface area contributed by atoms with Crippen LogP contribution in [0.2, 0.25) is 0 Å². The van der Waals surface area contributed by atoms with Crippen molar-refractivity contribution in [1.29, 1.82) is 5.26 Å². The van der Waals surface area contributed by atoms with Crippen molar-refractivity contribution >= 4 is 11.7 Å². The molecular weight excluding hydrogens is 330 g/mol. The minimum atomic E-state index is -4.79. The fourth-order valence-electron chi connectivity index (χ4n) is 3.43. The van der Waals surface area contributed by atoms with Gasteiger partial charge in [0.25, 0.3) is 0 Å². The Morgan fingerprint density at radius 1 is 1.38 bits per heavy atom. The van der Waals surface area contributed by atoms with Gasteiger partial charge in [-0.05, 0) is 25.5 Å². The van der Waals surface area contributed by atoms with Crippen LogP contribution >= 0.6 is 0 Å². The van der Waals surface area contributed by atoms with E-state index in [1.807, 2.05) is 0 Å². The molecule has 2 aliphatic heterocycles. The molecule has 2 fully saturated rings. The maximum absolute atomic E-state index is 14.1. The van der Waals surface area contributed by atoms with Crippen LogP contribution < -0.4 is 4.90 Å². The van der Waals surface area contributed by atoms with E-state index in [1.165, 1.54) is 6.92 Å². The number of amides is 2. The van der Waals surface area contributed by atoms with Gasteiger partial charge in [0, 0.05) is 12.1 Å². The fraction of sp³-hybridized carbons (Fsp3) is 0.467. The van der Waals surface area contributed by atoms with Crippen LogP contribution in [-0.2, 0) is 0 Å². The van der Waals surface area contributed by atoms with Gasteiger partial charge in [0.1, 0.15) is 11.9 Å². The molecule has 0 radical (unpaired) electrons. The Morgan fingerprint density at radius 2 is 2.04 bits per heavy atom. The Kier molecular flexibility index (Phi) is 3.68. The first-order chi connectivity index (χ1) is 11.2. The van der Waals surface area contributed by atoms with E-state index < -0.39 is 36.2 Å². The van der Waals surface area contributed by atoms with E-state index in [0.29, 0.717) is 4.90 Å². The zero-order valence-corrected chi connectivity index (χ0v) is 12.5. The van der Waals surface area contributed by atoms with Gasteiger partial charge < -0.3 is 10.0 Å². The number of benzene rings is 1. The first kappa shape index (κ1) is 16.5. The van der Waals surface area contributed by atoms with Gasteiger partial charge in [0.05, 0.1) is 23.4 Å². The highest BCUT2D eigenvalue weighted by Gasteiger charge is 2.62. The average Bonchev–Trinajstić information content (AvgIpc) is 3.01. The van der Waals surface area contributed by atoms with Crippen LogP contribution in [0.3, 0.4) is 0 Å². The monoisotopic (exact) mass is 343 g/mol. The zero-order chi connectivity index (χ0) is 17.8. The van der Waals surface area contributed by atoms with Gasteiger partial charge >= 0.3 is 12.2 Å². The number of rotatable bonds is 1. The Balaban J connectivity index is 2.14. The maximum atomic E-state index is 14.1. The Hall–Kier alpha value is -2.34. The molecule has 0 bridgehead atoms. The van der Waals surface area contributed by atoms with Crippen molar-refractivity contribution in [2.24, 2.45) is 0 Å². The van der Waals surface area contributed by atoms with Crippen LogP contribution in [0.4, 0.5) is 28.0 Å². The van der Waals surface area contributed by atoms with Gasteiger partial charge in [0.15, 0.2) is 6.04 Å². The summed E-state index contributed by atoms with van der Waals surface area (Å²) < 4.78 is 54.9. The van der Waals surface area contributed by atoms with Crippen molar-refractivity contribution in [2.75, 3.05) is 11.4 Å². The number of hydrogen-bond acceptors (Lipinski definition) is 3. The summed E-state index contributed by atoms with van der Waals surface area (Å²) in [6.45, 7) is 1.22. The van der Waals surface area contributed by atoms with Gasteiger partial charge in [0.2, 0.25) is 0 Å². The minimum Gasteiger partial charge on any atom is -0.391 e. The standard InChI is InChI=1S/C15H13F4N3O2/c1-7-9(3-2-8(6-20)11(7)16)22-13(15(17,18)19)12-10(23)4-5-21(12)14(22)24/h2-3,10,12-13,23H,4-5H2,1H3/t10-,12+,13+/m1/s1. The molecule has 2 saturated heterocycles. The molecule has 2 heterocycles. The lowest BCUT2D eigenvalue weighted by Gasteiger charge is -2.30. The van der Waals surface area contributed by atoms with Crippen LogP contribution in [-0.4, -0.2) is 46.9 Å². The van der Waals surface area contributed by atoms with E-state index >= 15 is 0 Å². The molecule has 5 nitrogen and oxygen atoms in total. The largest absolute Gasteiger partial charge is 0.411 e. The lowest BCUT2D eigenvalue weighted by molar-refractivity contribution is -0.156. The van der Waals surface area contributed by atoms with Crippen LogP contribution in [0.5, 0.6) is 0 Å².